The summed E-state index contributed by atoms with van der Waals surface area (Å²) in [6.45, 7) is 5.31. The Labute approximate surface area is 152 Å². The maximum atomic E-state index is 14.7. The van der Waals surface area contributed by atoms with E-state index in [0.29, 0.717) is 36.1 Å². The summed E-state index contributed by atoms with van der Waals surface area (Å²) < 4.78 is 22.2. The first-order chi connectivity index (χ1) is 12.5. The van der Waals surface area contributed by atoms with Crippen LogP contribution < -0.4 is 10.1 Å². The number of carbonyl (C=O) groups is 1. The lowest BCUT2D eigenvalue weighted by Gasteiger charge is -2.35. The molecule has 5 nitrogen and oxygen atoms in total. The maximum absolute atomic E-state index is 14.7. The number of nitrogens with zero attached hydrogens (tertiary/aromatic N) is 2. The number of fused-ring (bicyclic) bond motifs is 3. The third-order valence-corrected chi connectivity index (χ3v) is 5.72. The number of aromatic nitrogens is 2. The van der Waals surface area contributed by atoms with Gasteiger partial charge in [-0.1, -0.05) is 20.3 Å². The predicted octanol–water partition coefficient (Wildman–Crippen LogP) is 3.64. The Kier molecular flexibility index (Phi) is 4.42. The molecule has 0 bridgehead atoms. The summed E-state index contributed by atoms with van der Waals surface area (Å²) in [6, 6.07) is 3.11. The molecule has 1 aromatic heterocycles. The summed E-state index contributed by atoms with van der Waals surface area (Å²) in [5.74, 6) is 0.316. The molecule has 2 heterocycles. The van der Waals surface area contributed by atoms with Crippen molar-refractivity contribution in [1.82, 2.24) is 14.9 Å². The fraction of sp³-hybridized carbons (Fsp3) is 0.500. The molecule has 1 N–H and O–H groups in total. The van der Waals surface area contributed by atoms with Crippen LogP contribution >= 0.6 is 0 Å². The quantitative estimate of drug-likeness (QED) is 0.893. The first-order valence-electron chi connectivity index (χ1n) is 9.32. The molecule has 1 aliphatic heterocycles. The van der Waals surface area contributed by atoms with E-state index < -0.39 is 5.82 Å². The van der Waals surface area contributed by atoms with Crippen LogP contribution in [0.2, 0.25) is 0 Å². The van der Waals surface area contributed by atoms with Crippen molar-refractivity contribution in [3.63, 3.8) is 0 Å². The third-order valence-electron chi connectivity index (χ3n) is 5.72. The molecule has 138 valence electrons. The first-order valence-corrected chi connectivity index (χ1v) is 9.32. The van der Waals surface area contributed by atoms with Crippen LogP contribution in [0.5, 0.6) is 5.75 Å². The Morgan fingerprint density at radius 2 is 2.08 bits per heavy atom. The van der Waals surface area contributed by atoms with Crippen molar-refractivity contribution in [3.8, 4) is 17.0 Å². The lowest BCUT2D eigenvalue weighted by Crippen LogP contribution is -2.45. The van der Waals surface area contributed by atoms with Crippen LogP contribution in [0.15, 0.2) is 24.7 Å². The molecule has 1 amide bonds. The Balaban J connectivity index is 1.66. The molecule has 3 atom stereocenters. The number of ether oxygens (including phenoxy) is 1. The van der Waals surface area contributed by atoms with Gasteiger partial charge in [0.2, 0.25) is 0 Å². The SMILES string of the molecule is C[C@@H]1CCC[C@H](C)C1NC(=O)c1cc(F)c2c(c1)-c1cncn1CCO2. The number of nitrogens with one attached hydrogen (secondary N) is 1. The molecule has 1 saturated carbocycles. The van der Waals surface area contributed by atoms with Crippen LogP contribution in [0.25, 0.3) is 11.3 Å². The molecule has 4 rings (SSSR count). The van der Waals surface area contributed by atoms with E-state index in [2.05, 4.69) is 24.1 Å². The summed E-state index contributed by atoms with van der Waals surface area (Å²) in [5.41, 5.74) is 1.67. The van der Waals surface area contributed by atoms with Crippen molar-refractivity contribution in [2.24, 2.45) is 11.8 Å². The van der Waals surface area contributed by atoms with Crippen LogP contribution in [-0.2, 0) is 6.54 Å². The Bertz CT molecular complexity index is 822. The monoisotopic (exact) mass is 357 g/mol. The minimum atomic E-state index is -0.507. The van der Waals surface area contributed by atoms with E-state index in [1.807, 2.05) is 4.57 Å². The highest BCUT2D eigenvalue weighted by Gasteiger charge is 2.30. The number of hydrogen-bond acceptors (Lipinski definition) is 3. The average molecular weight is 357 g/mol. The predicted molar refractivity (Wildman–Crippen MR) is 96.5 cm³/mol. The van der Waals surface area contributed by atoms with Crippen LogP contribution in [0.4, 0.5) is 4.39 Å². The van der Waals surface area contributed by atoms with Gasteiger partial charge in [-0.2, -0.15) is 0 Å². The lowest BCUT2D eigenvalue weighted by molar-refractivity contribution is 0.0880. The second-order valence-corrected chi connectivity index (χ2v) is 7.54. The van der Waals surface area contributed by atoms with E-state index in [4.69, 9.17) is 4.74 Å². The van der Waals surface area contributed by atoms with Crippen molar-refractivity contribution >= 4 is 5.91 Å². The summed E-state index contributed by atoms with van der Waals surface area (Å²) in [5, 5.41) is 3.13. The van der Waals surface area contributed by atoms with Gasteiger partial charge in [-0.3, -0.25) is 4.79 Å². The highest BCUT2D eigenvalue weighted by Crippen LogP contribution is 2.36. The van der Waals surface area contributed by atoms with Gasteiger partial charge in [0.25, 0.3) is 5.91 Å². The average Bonchev–Trinajstić information content (AvgIpc) is 3.00. The normalized spacial score (nSPS) is 24.8. The number of hydrogen-bond donors (Lipinski definition) is 1. The van der Waals surface area contributed by atoms with Gasteiger partial charge in [0.05, 0.1) is 24.8 Å². The summed E-state index contributed by atoms with van der Waals surface area (Å²) in [6.07, 6.45) is 6.80. The standard InChI is InChI=1S/C20H24FN3O2/c1-12-4-3-5-13(2)18(12)23-20(25)14-8-15-17-10-22-11-24(17)6-7-26-19(15)16(21)9-14/h8-13,18H,3-7H2,1-2H3,(H,23,25)/t12-,13+,18?. The molecule has 2 aliphatic rings. The van der Waals surface area contributed by atoms with E-state index in [1.165, 1.54) is 12.5 Å². The fourth-order valence-electron chi connectivity index (χ4n) is 4.23. The molecule has 0 spiro atoms. The van der Waals surface area contributed by atoms with E-state index in [1.54, 1.807) is 18.6 Å². The van der Waals surface area contributed by atoms with Gasteiger partial charge < -0.3 is 14.6 Å². The van der Waals surface area contributed by atoms with E-state index in [-0.39, 0.29) is 17.7 Å². The highest BCUT2D eigenvalue weighted by molar-refractivity contribution is 5.96. The minimum Gasteiger partial charge on any atom is -0.488 e. The van der Waals surface area contributed by atoms with Crippen molar-refractivity contribution in [3.05, 3.63) is 36.0 Å². The van der Waals surface area contributed by atoms with E-state index >= 15 is 0 Å². The number of halogens is 1. The maximum Gasteiger partial charge on any atom is 0.251 e. The number of amides is 1. The molecule has 1 aliphatic carbocycles. The van der Waals surface area contributed by atoms with Gasteiger partial charge in [-0.25, -0.2) is 9.37 Å². The zero-order valence-electron chi connectivity index (χ0n) is 15.2. The molecule has 1 fully saturated rings. The summed E-state index contributed by atoms with van der Waals surface area (Å²) in [4.78, 5) is 17.0. The van der Waals surface area contributed by atoms with Crippen LogP contribution in [0, 0.1) is 17.7 Å². The molecule has 0 radical (unpaired) electrons. The zero-order chi connectivity index (χ0) is 18.3. The highest BCUT2D eigenvalue weighted by atomic mass is 19.1. The van der Waals surface area contributed by atoms with E-state index in [0.717, 1.165) is 18.5 Å². The van der Waals surface area contributed by atoms with Crippen molar-refractivity contribution in [2.45, 2.75) is 45.7 Å². The van der Waals surface area contributed by atoms with E-state index in [9.17, 15) is 9.18 Å². The summed E-state index contributed by atoms with van der Waals surface area (Å²) >= 11 is 0. The molecular weight excluding hydrogens is 333 g/mol. The fourth-order valence-corrected chi connectivity index (χ4v) is 4.23. The lowest BCUT2D eigenvalue weighted by atomic mass is 9.78. The molecule has 1 aromatic carbocycles. The van der Waals surface area contributed by atoms with Gasteiger partial charge in [0.15, 0.2) is 11.6 Å². The molecular formula is C20H24FN3O2. The number of imidazole rings is 1. The second-order valence-electron chi connectivity index (χ2n) is 7.54. The molecule has 1 unspecified atom stereocenters. The Morgan fingerprint density at radius 3 is 2.85 bits per heavy atom. The Morgan fingerprint density at radius 1 is 1.31 bits per heavy atom. The number of benzene rings is 1. The molecule has 2 aromatic rings. The third kappa shape index (κ3) is 2.97. The van der Waals surface area contributed by atoms with Gasteiger partial charge in [-0.15, -0.1) is 0 Å². The van der Waals surface area contributed by atoms with Crippen LogP contribution in [0.3, 0.4) is 0 Å². The second kappa shape index (κ2) is 6.74. The largest absolute Gasteiger partial charge is 0.488 e. The number of carbonyl (C=O) groups excluding carboxylic acids is 1. The van der Waals surface area contributed by atoms with Gasteiger partial charge in [0.1, 0.15) is 6.61 Å². The number of rotatable bonds is 2. The molecule has 26 heavy (non-hydrogen) atoms. The topological polar surface area (TPSA) is 56.2 Å². The summed E-state index contributed by atoms with van der Waals surface area (Å²) in [7, 11) is 0. The van der Waals surface area contributed by atoms with Crippen molar-refractivity contribution < 1.29 is 13.9 Å². The van der Waals surface area contributed by atoms with Gasteiger partial charge in [-0.05, 0) is 36.8 Å². The zero-order valence-corrected chi connectivity index (χ0v) is 15.2. The smallest absolute Gasteiger partial charge is 0.251 e. The molecule has 6 heteroatoms. The van der Waals surface area contributed by atoms with Crippen molar-refractivity contribution in [1.29, 1.82) is 0 Å². The minimum absolute atomic E-state index is 0.125. The first kappa shape index (κ1) is 17.1. The molecule has 0 saturated heterocycles. The van der Waals surface area contributed by atoms with Crippen LogP contribution in [0.1, 0.15) is 43.5 Å². The van der Waals surface area contributed by atoms with Crippen LogP contribution in [-0.4, -0.2) is 28.1 Å². The Hall–Kier alpha value is -2.37. The van der Waals surface area contributed by atoms with Crippen molar-refractivity contribution in [2.75, 3.05) is 6.61 Å². The van der Waals surface area contributed by atoms with Gasteiger partial charge >= 0.3 is 0 Å². The van der Waals surface area contributed by atoms with Gasteiger partial charge in [0, 0.05) is 17.2 Å².